The van der Waals surface area contributed by atoms with Crippen molar-refractivity contribution in [2.45, 2.75) is 13.8 Å². The number of carbonyl (C=O) groups excluding carboxylic acids is 2. The molecule has 0 fully saturated rings. The van der Waals surface area contributed by atoms with Crippen LogP contribution in [0.5, 0.6) is 0 Å². The molecule has 0 radical (unpaired) electrons. The predicted octanol–water partition coefficient (Wildman–Crippen LogP) is 2.13. The lowest BCUT2D eigenvalue weighted by atomic mass is 10.2. The van der Waals surface area contributed by atoms with Gasteiger partial charge in [-0.3, -0.25) is 9.59 Å². The standard InChI is InChI=1S/C11H10N2O2S/c1-6-11(16-7(2)12-6)10(15)9-4-3-8(5-14)13-9/h3-5,13H,1-2H3. The van der Waals surface area contributed by atoms with Gasteiger partial charge in [-0.25, -0.2) is 4.98 Å². The van der Waals surface area contributed by atoms with Crippen molar-refractivity contribution in [2.75, 3.05) is 0 Å². The molecule has 0 atom stereocenters. The van der Waals surface area contributed by atoms with Crippen LogP contribution in [-0.2, 0) is 0 Å². The number of hydrogen-bond acceptors (Lipinski definition) is 4. The van der Waals surface area contributed by atoms with Gasteiger partial charge in [0, 0.05) is 0 Å². The molecule has 0 bridgehead atoms. The van der Waals surface area contributed by atoms with Crippen LogP contribution in [0, 0.1) is 13.8 Å². The van der Waals surface area contributed by atoms with Crippen LogP contribution in [0.25, 0.3) is 0 Å². The summed E-state index contributed by atoms with van der Waals surface area (Å²) in [6, 6.07) is 3.20. The number of thiazole rings is 1. The van der Waals surface area contributed by atoms with Gasteiger partial charge in [0.05, 0.1) is 27.0 Å². The van der Waals surface area contributed by atoms with E-state index in [0.717, 1.165) is 10.7 Å². The minimum Gasteiger partial charge on any atom is -0.350 e. The van der Waals surface area contributed by atoms with Crippen LogP contribution in [0.3, 0.4) is 0 Å². The number of aromatic amines is 1. The Kier molecular flexibility index (Phi) is 2.70. The molecule has 0 aliphatic rings. The number of hydrogen-bond donors (Lipinski definition) is 1. The molecule has 4 nitrogen and oxygen atoms in total. The second kappa shape index (κ2) is 4.02. The van der Waals surface area contributed by atoms with E-state index < -0.39 is 0 Å². The number of nitrogens with one attached hydrogen (secondary N) is 1. The maximum absolute atomic E-state index is 12.0. The third-order valence-electron chi connectivity index (χ3n) is 2.19. The summed E-state index contributed by atoms with van der Waals surface area (Å²) in [4.78, 5) is 30.1. The molecule has 0 unspecified atom stereocenters. The number of rotatable bonds is 3. The van der Waals surface area contributed by atoms with Gasteiger partial charge in [-0.2, -0.15) is 0 Å². The van der Waals surface area contributed by atoms with Crippen molar-refractivity contribution in [3.8, 4) is 0 Å². The molecule has 0 aliphatic carbocycles. The Hall–Kier alpha value is -1.75. The zero-order valence-electron chi connectivity index (χ0n) is 8.90. The Labute approximate surface area is 96.3 Å². The maximum Gasteiger partial charge on any atom is 0.221 e. The summed E-state index contributed by atoms with van der Waals surface area (Å²) in [6.45, 7) is 3.67. The topological polar surface area (TPSA) is 62.8 Å². The normalized spacial score (nSPS) is 10.4. The number of nitrogens with zero attached hydrogens (tertiary/aromatic N) is 1. The highest BCUT2D eigenvalue weighted by atomic mass is 32.1. The fourth-order valence-electron chi connectivity index (χ4n) is 1.48. The minimum atomic E-state index is -0.115. The fourth-order valence-corrected chi connectivity index (χ4v) is 2.35. The van der Waals surface area contributed by atoms with Gasteiger partial charge >= 0.3 is 0 Å². The quantitative estimate of drug-likeness (QED) is 0.653. The molecule has 0 aromatic carbocycles. The van der Waals surface area contributed by atoms with Gasteiger partial charge in [0.25, 0.3) is 0 Å². The lowest BCUT2D eigenvalue weighted by molar-refractivity contribution is 0.103. The van der Waals surface area contributed by atoms with Crippen molar-refractivity contribution < 1.29 is 9.59 Å². The van der Waals surface area contributed by atoms with E-state index in [2.05, 4.69) is 9.97 Å². The van der Waals surface area contributed by atoms with Gasteiger partial charge < -0.3 is 4.98 Å². The first kappa shape index (κ1) is 10.8. The van der Waals surface area contributed by atoms with Gasteiger partial charge in [0.1, 0.15) is 0 Å². The molecule has 2 aromatic rings. The zero-order valence-corrected chi connectivity index (χ0v) is 9.72. The second-order valence-corrected chi connectivity index (χ2v) is 4.62. The van der Waals surface area contributed by atoms with Gasteiger partial charge in [-0.15, -0.1) is 11.3 Å². The van der Waals surface area contributed by atoms with Gasteiger partial charge in [-0.05, 0) is 26.0 Å². The number of aryl methyl sites for hydroxylation is 2. The molecule has 0 aliphatic heterocycles. The summed E-state index contributed by atoms with van der Waals surface area (Å²) in [5.41, 5.74) is 1.56. The van der Waals surface area contributed by atoms with Crippen molar-refractivity contribution in [1.29, 1.82) is 0 Å². The third kappa shape index (κ3) is 1.81. The molecule has 2 aromatic heterocycles. The van der Waals surface area contributed by atoms with E-state index in [-0.39, 0.29) is 5.78 Å². The summed E-state index contributed by atoms with van der Waals surface area (Å²) >= 11 is 1.37. The molecule has 0 saturated heterocycles. The SMILES string of the molecule is Cc1nc(C)c(C(=O)c2ccc(C=O)[nH]2)s1. The van der Waals surface area contributed by atoms with Gasteiger partial charge in [-0.1, -0.05) is 0 Å². The average molecular weight is 234 g/mol. The Morgan fingerprint density at radius 3 is 2.69 bits per heavy atom. The van der Waals surface area contributed by atoms with Crippen molar-refractivity contribution in [1.82, 2.24) is 9.97 Å². The number of aldehydes is 1. The molecule has 1 N–H and O–H groups in total. The van der Waals surface area contributed by atoms with Crippen molar-refractivity contribution in [3.63, 3.8) is 0 Å². The Morgan fingerprint density at radius 1 is 1.44 bits per heavy atom. The van der Waals surface area contributed by atoms with Crippen LogP contribution >= 0.6 is 11.3 Å². The largest absolute Gasteiger partial charge is 0.350 e. The highest BCUT2D eigenvalue weighted by Crippen LogP contribution is 2.20. The number of ketones is 1. The lowest BCUT2D eigenvalue weighted by Crippen LogP contribution is -2.01. The van der Waals surface area contributed by atoms with E-state index in [1.54, 1.807) is 19.1 Å². The van der Waals surface area contributed by atoms with Crippen LogP contribution in [0.4, 0.5) is 0 Å². The fraction of sp³-hybridized carbons (Fsp3) is 0.182. The van der Waals surface area contributed by atoms with E-state index in [4.69, 9.17) is 0 Å². The number of H-pyrrole nitrogens is 1. The first-order valence-electron chi connectivity index (χ1n) is 4.74. The maximum atomic E-state index is 12.0. The van der Waals surface area contributed by atoms with Crippen LogP contribution in [0.1, 0.15) is 36.6 Å². The molecule has 0 spiro atoms. The highest BCUT2D eigenvalue weighted by molar-refractivity contribution is 7.13. The molecule has 16 heavy (non-hydrogen) atoms. The Bertz CT molecular complexity index is 554. The van der Waals surface area contributed by atoms with Crippen LogP contribution in [-0.4, -0.2) is 22.0 Å². The molecule has 2 heterocycles. The van der Waals surface area contributed by atoms with Gasteiger partial charge in [0.2, 0.25) is 5.78 Å². The molecule has 5 heteroatoms. The lowest BCUT2D eigenvalue weighted by Gasteiger charge is -1.94. The van der Waals surface area contributed by atoms with Crippen molar-refractivity contribution in [3.05, 3.63) is 39.1 Å². The monoisotopic (exact) mass is 234 g/mol. The van der Waals surface area contributed by atoms with Crippen LogP contribution < -0.4 is 0 Å². The summed E-state index contributed by atoms with van der Waals surface area (Å²) in [6.07, 6.45) is 0.682. The highest BCUT2D eigenvalue weighted by Gasteiger charge is 2.17. The summed E-state index contributed by atoms with van der Waals surface area (Å²) in [7, 11) is 0. The summed E-state index contributed by atoms with van der Waals surface area (Å²) in [5, 5.41) is 0.864. The summed E-state index contributed by atoms with van der Waals surface area (Å²) in [5.74, 6) is -0.115. The molecule has 0 saturated carbocycles. The van der Waals surface area contributed by atoms with Crippen LogP contribution in [0.15, 0.2) is 12.1 Å². The zero-order chi connectivity index (χ0) is 11.7. The van der Waals surface area contributed by atoms with E-state index in [1.807, 2.05) is 6.92 Å². The number of aromatic nitrogens is 2. The van der Waals surface area contributed by atoms with Crippen molar-refractivity contribution in [2.24, 2.45) is 0 Å². The van der Waals surface area contributed by atoms with E-state index in [9.17, 15) is 9.59 Å². The summed E-state index contributed by atoms with van der Waals surface area (Å²) < 4.78 is 0. The predicted molar refractivity (Wildman–Crippen MR) is 61.2 cm³/mol. The third-order valence-corrected chi connectivity index (χ3v) is 3.26. The average Bonchev–Trinajstić information content (AvgIpc) is 2.84. The van der Waals surface area contributed by atoms with Crippen LogP contribution in [0.2, 0.25) is 0 Å². The number of carbonyl (C=O) groups is 2. The van der Waals surface area contributed by atoms with E-state index in [0.29, 0.717) is 22.6 Å². The first-order chi connectivity index (χ1) is 7.61. The smallest absolute Gasteiger partial charge is 0.221 e. The Morgan fingerprint density at radius 2 is 2.19 bits per heavy atom. The minimum absolute atomic E-state index is 0.115. The van der Waals surface area contributed by atoms with Gasteiger partial charge in [0.15, 0.2) is 6.29 Å². The van der Waals surface area contributed by atoms with E-state index in [1.165, 1.54) is 11.3 Å². The van der Waals surface area contributed by atoms with E-state index >= 15 is 0 Å². The molecule has 0 amide bonds. The second-order valence-electron chi connectivity index (χ2n) is 3.42. The first-order valence-corrected chi connectivity index (χ1v) is 5.56. The molecular weight excluding hydrogens is 224 g/mol. The molecule has 2 rings (SSSR count). The Balaban J connectivity index is 2.38. The van der Waals surface area contributed by atoms with Crippen molar-refractivity contribution >= 4 is 23.4 Å². The molecule has 82 valence electrons. The molecular formula is C11H10N2O2S.